The van der Waals surface area contributed by atoms with Crippen LogP contribution in [0.4, 0.5) is 4.79 Å². The van der Waals surface area contributed by atoms with Crippen LogP contribution in [0, 0.1) is 17.2 Å². The summed E-state index contributed by atoms with van der Waals surface area (Å²) in [5.74, 6) is -0.0818. The van der Waals surface area contributed by atoms with E-state index in [-0.39, 0.29) is 24.4 Å². The Bertz CT molecular complexity index is 566. The molecule has 130 valence electrons. The first-order chi connectivity index (χ1) is 11.5. The zero-order chi connectivity index (χ0) is 17.9. The van der Waals surface area contributed by atoms with E-state index in [4.69, 9.17) is 5.26 Å². The Labute approximate surface area is 143 Å². The van der Waals surface area contributed by atoms with Crippen LogP contribution in [0.15, 0.2) is 30.3 Å². The van der Waals surface area contributed by atoms with Gasteiger partial charge in [-0.2, -0.15) is 5.26 Å². The first-order valence-corrected chi connectivity index (χ1v) is 8.21. The summed E-state index contributed by atoms with van der Waals surface area (Å²) in [6, 6.07) is 10.7. The van der Waals surface area contributed by atoms with Crippen molar-refractivity contribution in [3.63, 3.8) is 0 Å². The third-order valence-corrected chi connectivity index (χ3v) is 3.55. The van der Waals surface area contributed by atoms with Crippen LogP contribution in [0.3, 0.4) is 0 Å². The molecule has 1 aromatic carbocycles. The van der Waals surface area contributed by atoms with Gasteiger partial charge in [0.1, 0.15) is 12.6 Å². The van der Waals surface area contributed by atoms with Gasteiger partial charge in [0.05, 0.1) is 6.07 Å². The van der Waals surface area contributed by atoms with Crippen LogP contribution < -0.4 is 10.6 Å². The highest BCUT2D eigenvalue weighted by Gasteiger charge is 2.23. The maximum atomic E-state index is 12.5. The molecule has 0 bridgehead atoms. The Balaban J connectivity index is 2.73. The van der Waals surface area contributed by atoms with Gasteiger partial charge in [0.15, 0.2) is 0 Å². The molecule has 0 unspecified atom stereocenters. The van der Waals surface area contributed by atoms with Crippen LogP contribution in [0.5, 0.6) is 0 Å². The number of carbonyl (C=O) groups excluding carboxylic acids is 2. The predicted molar refractivity (Wildman–Crippen MR) is 92.9 cm³/mol. The maximum Gasteiger partial charge on any atom is 0.318 e. The molecule has 0 fully saturated rings. The number of nitrogens with zero attached hydrogens (tertiary/aromatic N) is 2. The molecule has 1 rings (SSSR count). The average Bonchev–Trinajstić information content (AvgIpc) is 2.57. The fraction of sp³-hybridized carbons (Fsp3) is 0.500. The van der Waals surface area contributed by atoms with Crippen molar-refractivity contribution in [1.29, 1.82) is 5.26 Å². The summed E-state index contributed by atoms with van der Waals surface area (Å²) < 4.78 is 0. The van der Waals surface area contributed by atoms with Gasteiger partial charge in [-0.05, 0) is 24.8 Å². The number of benzene rings is 1. The Morgan fingerprint density at radius 3 is 2.46 bits per heavy atom. The number of urea groups is 1. The molecule has 0 aliphatic carbocycles. The summed E-state index contributed by atoms with van der Waals surface area (Å²) in [5.41, 5.74) is 1.03. The van der Waals surface area contributed by atoms with Crippen LogP contribution in [-0.2, 0) is 11.3 Å². The molecule has 0 saturated carbocycles. The number of nitriles is 1. The zero-order valence-electron chi connectivity index (χ0n) is 14.6. The minimum absolute atomic E-state index is 0.0647. The molecule has 1 aromatic rings. The van der Waals surface area contributed by atoms with Gasteiger partial charge >= 0.3 is 6.03 Å². The number of rotatable bonds is 8. The highest BCUT2D eigenvalue weighted by molar-refractivity contribution is 5.87. The van der Waals surface area contributed by atoms with Crippen molar-refractivity contribution < 1.29 is 9.59 Å². The molecule has 0 heterocycles. The SMILES string of the molecule is CCN(Cc1ccccc1)C(=O)N[C@@H](CC(C)C)C(=O)NCC#N. The van der Waals surface area contributed by atoms with Gasteiger partial charge in [0.25, 0.3) is 0 Å². The monoisotopic (exact) mass is 330 g/mol. The maximum absolute atomic E-state index is 12.5. The lowest BCUT2D eigenvalue weighted by molar-refractivity contribution is -0.123. The van der Waals surface area contributed by atoms with Crippen molar-refractivity contribution >= 4 is 11.9 Å². The summed E-state index contributed by atoms with van der Waals surface area (Å²) >= 11 is 0. The predicted octanol–water partition coefficient (Wildman–Crippen LogP) is 2.27. The Hall–Kier alpha value is -2.55. The lowest BCUT2D eigenvalue weighted by atomic mass is 10.0. The Kier molecular flexibility index (Phi) is 8.34. The van der Waals surface area contributed by atoms with Gasteiger partial charge in [-0.25, -0.2) is 4.79 Å². The molecule has 0 spiro atoms. The number of amides is 3. The summed E-state index contributed by atoms with van der Waals surface area (Å²) in [6.07, 6.45) is 0.520. The van der Waals surface area contributed by atoms with E-state index in [2.05, 4.69) is 10.6 Å². The van der Waals surface area contributed by atoms with E-state index >= 15 is 0 Å². The molecular formula is C18H26N4O2. The molecule has 0 aromatic heterocycles. The van der Waals surface area contributed by atoms with Gasteiger partial charge in [0.2, 0.25) is 5.91 Å². The molecular weight excluding hydrogens is 304 g/mol. The largest absolute Gasteiger partial charge is 0.341 e. The molecule has 0 radical (unpaired) electrons. The smallest absolute Gasteiger partial charge is 0.318 e. The molecule has 6 heteroatoms. The van der Waals surface area contributed by atoms with Crippen molar-refractivity contribution in [1.82, 2.24) is 15.5 Å². The second-order valence-corrected chi connectivity index (χ2v) is 6.01. The van der Waals surface area contributed by atoms with Crippen LogP contribution >= 0.6 is 0 Å². The second-order valence-electron chi connectivity index (χ2n) is 6.01. The third-order valence-electron chi connectivity index (χ3n) is 3.55. The molecule has 3 amide bonds. The zero-order valence-corrected chi connectivity index (χ0v) is 14.6. The fourth-order valence-electron chi connectivity index (χ4n) is 2.32. The minimum Gasteiger partial charge on any atom is -0.341 e. The van der Waals surface area contributed by atoms with E-state index in [9.17, 15) is 9.59 Å². The van der Waals surface area contributed by atoms with E-state index in [1.165, 1.54) is 0 Å². The van der Waals surface area contributed by atoms with Crippen molar-refractivity contribution in [3.8, 4) is 6.07 Å². The molecule has 0 saturated heterocycles. The lowest BCUT2D eigenvalue weighted by Crippen LogP contribution is -2.51. The van der Waals surface area contributed by atoms with E-state index in [0.717, 1.165) is 5.56 Å². The van der Waals surface area contributed by atoms with E-state index in [1.54, 1.807) is 4.90 Å². The summed E-state index contributed by atoms with van der Waals surface area (Å²) in [5, 5.41) is 13.9. The number of nitrogens with one attached hydrogen (secondary N) is 2. The van der Waals surface area contributed by atoms with Crippen LogP contribution in [-0.4, -0.2) is 36.0 Å². The average molecular weight is 330 g/mol. The van der Waals surface area contributed by atoms with Crippen LogP contribution in [0.2, 0.25) is 0 Å². The molecule has 0 aliphatic rings. The molecule has 0 aliphatic heterocycles. The summed E-state index contributed by atoms with van der Waals surface area (Å²) in [4.78, 5) is 26.3. The van der Waals surface area contributed by atoms with Gasteiger partial charge < -0.3 is 15.5 Å². The van der Waals surface area contributed by atoms with E-state index < -0.39 is 6.04 Å². The number of hydrogen-bond donors (Lipinski definition) is 2. The number of carbonyl (C=O) groups is 2. The summed E-state index contributed by atoms with van der Waals surface area (Å²) in [6.45, 7) is 6.82. The van der Waals surface area contributed by atoms with Crippen LogP contribution in [0.25, 0.3) is 0 Å². The van der Waals surface area contributed by atoms with Gasteiger partial charge in [-0.1, -0.05) is 44.2 Å². The molecule has 1 atom stereocenters. The standard InChI is InChI=1S/C18H26N4O2/c1-4-22(13-15-8-6-5-7-9-15)18(24)21-16(12-14(2)3)17(23)20-11-10-19/h5-9,14,16H,4,11-13H2,1-3H3,(H,20,23)(H,21,24)/t16-/m0/s1. The van der Waals surface area contributed by atoms with Crippen molar-refractivity contribution in [3.05, 3.63) is 35.9 Å². The topological polar surface area (TPSA) is 85.2 Å². The highest BCUT2D eigenvalue weighted by atomic mass is 16.2. The molecule has 24 heavy (non-hydrogen) atoms. The Morgan fingerprint density at radius 2 is 1.92 bits per heavy atom. The third kappa shape index (κ3) is 6.69. The van der Waals surface area contributed by atoms with Crippen LogP contribution in [0.1, 0.15) is 32.8 Å². The number of hydrogen-bond acceptors (Lipinski definition) is 3. The van der Waals surface area contributed by atoms with Gasteiger partial charge in [-0.3, -0.25) is 4.79 Å². The van der Waals surface area contributed by atoms with Gasteiger partial charge in [-0.15, -0.1) is 0 Å². The van der Waals surface area contributed by atoms with Crippen molar-refractivity contribution in [2.75, 3.05) is 13.1 Å². The van der Waals surface area contributed by atoms with Crippen molar-refractivity contribution in [2.45, 2.75) is 39.8 Å². The molecule has 6 nitrogen and oxygen atoms in total. The van der Waals surface area contributed by atoms with E-state index in [1.807, 2.05) is 57.2 Å². The minimum atomic E-state index is -0.643. The normalized spacial score (nSPS) is 11.5. The van der Waals surface area contributed by atoms with Gasteiger partial charge in [0, 0.05) is 13.1 Å². The van der Waals surface area contributed by atoms with E-state index in [0.29, 0.717) is 19.5 Å². The first-order valence-electron chi connectivity index (χ1n) is 8.21. The highest BCUT2D eigenvalue weighted by Crippen LogP contribution is 2.08. The first kappa shape index (κ1) is 19.5. The summed E-state index contributed by atoms with van der Waals surface area (Å²) in [7, 11) is 0. The second kappa shape index (κ2) is 10.3. The fourth-order valence-corrected chi connectivity index (χ4v) is 2.32. The molecule has 2 N–H and O–H groups in total. The van der Waals surface area contributed by atoms with Crippen molar-refractivity contribution in [2.24, 2.45) is 5.92 Å². The lowest BCUT2D eigenvalue weighted by Gasteiger charge is -2.26. The Morgan fingerprint density at radius 1 is 1.25 bits per heavy atom. The quantitative estimate of drug-likeness (QED) is 0.717.